The van der Waals surface area contributed by atoms with Gasteiger partial charge in [-0.3, -0.25) is 14.6 Å². The Morgan fingerprint density at radius 3 is 2.93 bits per heavy atom. The number of hydrogen-bond acceptors (Lipinski definition) is 6. The lowest BCUT2D eigenvalue weighted by molar-refractivity contribution is -0.139. The number of hydrogen-bond donors (Lipinski definition) is 1. The first kappa shape index (κ1) is 17.3. The van der Waals surface area contributed by atoms with E-state index in [-0.39, 0.29) is 23.7 Å². The average molecular weight is 381 g/mol. The van der Waals surface area contributed by atoms with E-state index in [9.17, 15) is 9.59 Å². The monoisotopic (exact) mass is 381 g/mol. The molecule has 1 aliphatic carbocycles. The van der Waals surface area contributed by atoms with E-state index in [2.05, 4.69) is 20.4 Å². The molecule has 5 rings (SSSR count). The molecule has 2 amide bonds. The molecule has 1 saturated heterocycles. The Morgan fingerprint density at radius 1 is 1.36 bits per heavy atom. The highest BCUT2D eigenvalue weighted by atomic mass is 16.5. The van der Waals surface area contributed by atoms with Gasteiger partial charge in [-0.15, -0.1) is 0 Å². The SMILES string of the molecule is Cc1ncc2c(c1-c1noc([C@H]3CNC(=O)C3)n1)CCN(C(=O)C1CCC1)C2. The van der Waals surface area contributed by atoms with Crippen LogP contribution < -0.4 is 5.32 Å². The second kappa shape index (κ2) is 6.68. The summed E-state index contributed by atoms with van der Waals surface area (Å²) >= 11 is 0. The van der Waals surface area contributed by atoms with Crippen molar-refractivity contribution in [3.8, 4) is 11.4 Å². The van der Waals surface area contributed by atoms with Crippen molar-refractivity contribution in [1.29, 1.82) is 0 Å². The summed E-state index contributed by atoms with van der Waals surface area (Å²) < 4.78 is 5.46. The van der Waals surface area contributed by atoms with E-state index in [4.69, 9.17) is 4.52 Å². The average Bonchev–Trinajstić information content (AvgIpc) is 3.28. The molecule has 2 aromatic heterocycles. The normalized spacial score (nSPS) is 22.0. The zero-order valence-corrected chi connectivity index (χ0v) is 15.9. The highest BCUT2D eigenvalue weighted by Gasteiger charge is 2.33. The quantitative estimate of drug-likeness (QED) is 0.869. The fourth-order valence-corrected chi connectivity index (χ4v) is 4.33. The van der Waals surface area contributed by atoms with Crippen molar-refractivity contribution < 1.29 is 14.1 Å². The molecule has 1 atom stereocenters. The minimum Gasteiger partial charge on any atom is -0.355 e. The maximum absolute atomic E-state index is 12.6. The van der Waals surface area contributed by atoms with Crippen molar-refractivity contribution >= 4 is 11.8 Å². The summed E-state index contributed by atoms with van der Waals surface area (Å²) in [6.07, 6.45) is 6.21. The van der Waals surface area contributed by atoms with Gasteiger partial charge < -0.3 is 14.7 Å². The van der Waals surface area contributed by atoms with E-state index in [1.807, 2.05) is 18.0 Å². The van der Waals surface area contributed by atoms with E-state index in [0.717, 1.165) is 48.1 Å². The molecule has 0 unspecified atom stereocenters. The first-order valence-electron chi connectivity index (χ1n) is 9.97. The van der Waals surface area contributed by atoms with Crippen molar-refractivity contribution in [3.63, 3.8) is 0 Å². The van der Waals surface area contributed by atoms with Crippen LogP contribution in [0.2, 0.25) is 0 Å². The molecule has 1 N–H and O–H groups in total. The summed E-state index contributed by atoms with van der Waals surface area (Å²) in [6.45, 7) is 3.78. The van der Waals surface area contributed by atoms with Crippen molar-refractivity contribution in [2.24, 2.45) is 5.92 Å². The summed E-state index contributed by atoms with van der Waals surface area (Å²) in [5, 5.41) is 6.98. The zero-order chi connectivity index (χ0) is 19.3. The topological polar surface area (TPSA) is 101 Å². The lowest BCUT2D eigenvalue weighted by atomic mass is 9.83. The molecule has 146 valence electrons. The van der Waals surface area contributed by atoms with Gasteiger partial charge in [-0.25, -0.2) is 0 Å². The number of carbonyl (C=O) groups excluding carboxylic acids is 2. The smallest absolute Gasteiger partial charge is 0.232 e. The summed E-state index contributed by atoms with van der Waals surface area (Å²) in [4.78, 5) is 35.2. The van der Waals surface area contributed by atoms with Crippen molar-refractivity contribution in [3.05, 3.63) is 28.9 Å². The Labute approximate surface area is 162 Å². The molecule has 0 aromatic carbocycles. The Bertz CT molecular complexity index is 949. The molecule has 2 aromatic rings. The minimum absolute atomic E-state index is 0.0101. The number of aryl methyl sites for hydroxylation is 1. The lowest BCUT2D eigenvalue weighted by Gasteiger charge is -2.35. The van der Waals surface area contributed by atoms with Crippen LogP contribution in [0.4, 0.5) is 0 Å². The van der Waals surface area contributed by atoms with Crippen molar-refractivity contribution in [1.82, 2.24) is 25.3 Å². The van der Waals surface area contributed by atoms with Crippen LogP contribution in [0.25, 0.3) is 11.4 Å². The molecule has 8 heteroatoms. The Morgan fingerprint density at radius 2 is 2.21 bits per heavy atom. The van der Waals surface area contributed by atoms with Crippen LogP contribution in [0, 0.1) is 12.8 Å². The van der Waals surface area contributed by atoms with Crippen LogP contribution in [0.3, 0.4) is 0 Å². The summed E-state index contributed by atoms with van der Waals surface area (Å²) in [6, 6.07) is 0. The third-order valence-electron chi connectivity index (χ3n) is 6.22. The van der Waals surface area contributed by atoms with Gasteiger partial charge in [0.05, 0.1) is 5.92 Å². The highest BCUT2D eigenvalue weighted by Crippen LogP contribution is 2.34. The predicted molar refractivity (Wildman–Crippen MR) is 99.1 cm³/mol. The Hall–Kier alpha value is -2.77. The molecular formula is C20H23N5O3. The Balaban J connectivity index is 1.43. The van der Waals surface area contributed by atoms with Gasteiger partial charge >= 0.3 is 0 Å². The molecule has 2 fully saturated rings. The molecule has 0 radical (unpaired) electrons. The van der Waals surface area contributed by atoms with Crippen LogP contribution in [-0.2, 0) is 22.6 Å². The fraction of sp³-hybridized carbons (Fsp3) is 0.550. The van der Waals surface area contributed by atoms with Crippen LogP contribution in [0.1, 0.15) is 54.3 Å². The fourth-order valence-electron chi connectivity index (χ4n) is 4.33. The number of amides is 2. The predicted octanol–water partition coefficient (Wildman–Crippen LogP) is 1.73. The van der Waals surface area contributed by atoms with E-state index < -0.39 is 0 Å². The second-order valence-corrected chi connectivity index (χ2v) is 8.02. The van der Waals surface area contributed by atoms with Gasteiger partial charge in [0, 0.05) is 49.4 Å². The Kier molecular flexibility index (Phi) is 4.14. The largest absolute Gasteiger partial charge is 0.355 e. The molecule has 28 heavy (non-hydrogen) atoms. The minimum atomic E-state index is -0.0721. The molecule has 0 spiro atoms. The molecule has 4 heterocycles. The van der Waals surface area contributed by atoms with Gasteiger partial charge in [0.2, 0.25) is 23.5 Å². The van der Waals surface area contributed by atoms with Gasteiger partial charge in [-0.1, -0.05) is 11.6 Å². The van der Waals surface area contributed by atoms with Crippen molar-refractivity contribution in [2.45, 2.75) is 51.5 Å². The number of fused-ring (bicyclic) bond motifs is 1. The first-order chi connectivity index (χ1) is 13.6. The number of nitrogens with zero attached hydrogens (tertiary/aromatic N) is 4. The third-order valence-corrected chi connectivity index (χ3v) is 6.22. The van der Waals surface area contributed by atoms with Gasteiger partial charge in [0.15, 0.2) is 0 Å². The van der Waals surface area contributed by atoms with E-state index >= 15 is 0 Å². The lowest BCUT2D eigenvalue weighted by Crippen LogP contribution is -2.42. The van der Waals surface area contributed by atoms with Gasteiger partial charge in [0.1, 0.15) is 0 Å². The number of rotatable bonds is 3. The molecule has 3 aliphatic rings. The summed E-state index contributed by atoms with van der Waals surface area (Å²) in [5.41, 5.74) is 3.97. The van der Waals surface area contributed by atoms with Crippen molar-refractivity contribution in [2.75, 3.05) is 13.1 Å². The maximum Gasteiger partial charge on any atom is 0.232 e. The number of pyridine rings is 1. The van der Waals surface area contributed by atoms with E-state index in [1.54, 1.807) is 0 Å². The van der Waals surface area contributed by atoms with E-state index in [0.29, 0.717) is 37.8 Å². The molecule has 2 aliphatic heterocycles. The van der Waals surface area contributed by atoms with Gasteiger partial charge in [-0.2, -0.15) is 4.98 Å². The zero-order valence-electron chi connectivity index (χ0n) is 15.9. The summed E-state index contributed by atoms with van der Waals surface area (Å²) in [5.74, 6) is 1.44. The molecular weight excluding hydrogens is 358 g/mol. The molecule has 8 nitrogen and oxygen atoms in total. The van der Waals surface area contributed by atoms with Crippen LogP contribution in [-0.4, -0.2) is 44.9 Å². The number of aromatic nitrogens is 3. The molecule has 1 saturated carbocycles. The van der Waals surface area contributed by atoms with Crippen LogP contribution >= 0.6 is 0 Å². The van der Waals surface area contributed by atoms with Gasteiger partial charge in [0.25, 0.3) is 0 Å². The maximum atomic E-state index is 12.6. The summed E-state index contributed by atoms with van der Waals surface area (Å²) in [7, 11) is 0. The standard InChI is InChI=1S/C20H23N5O3/c1-11-17(18-23-19(28-24-18)13-7-16(26)22-8-13)15-5-6-25(10-14(15)9-21-11)20(27)12-3-2-4-12/h9,12-13H,2-8,10H2,1H3,(H,22,26)/t13-/m1/s1. The number of nitrogens with one attached hydrogen (secondary N) is 1. The number of carbonyl (C=O) groups is 2. The van der Waals surface area contributed by atoms with Crippen LogP contribution in [0.15, 0.2) is 10.7 Å². The van der Waals surface area contributed by atoms with E-state index in [1.165, 1.54) is 0 Å². The molecule has 0 bridgehead atoms. The first-order valence-corrected chi connectivity index (χ1v) is 9.97. The van der Waals surface area contributed by atoms with Gasteiger partial charge in [-0.05, 0) is 37.3 Å². The highest BCUT2D eigenvalue weighted by molar-refractivity contribution is 5.80. The van der Waals surface area contributed by atoms with Crippen LogP contribution in [0.5, 0.6) is 0 Å². The second-order valence-electron chi connectivity index (χ2n) is 8.02. The third kappa shape index (κ3) is 2.87.